The summed E-state index contributed by atoms with van der Waals surface area (Å²) < 4.78 is 22.0. The quantitative estimate of drug-likeness (QED) is 0.429. The number of rotatable bonds is 2. The predicted octanol–water partition coefficient (Wildman–Crippen LogP) is 1.23. The third-order valence-corrected chi connectivity index (χ3v) is 4.03. The first kappa shape index (κ1) is 12.5. The summed E-state index contributed by atoms with van der Waals surface area (Å²) in [5.41, 5.74) is 0. The van der Waals surface area contributed by atoms with E-state index in [9.17, 15) is 4.79 Å². The van der Waals surface area contributed by atoms with Gasteiger partial charge in [0, 0.05) is 6.92 Å². The lowest BCUT2D eigenvalue weighted by atomic mass is 10.2. The molecule has 0 N–H and O–H groups in total. The summed E-state index contributed by atoms with van der Waals surface area (Å²) in [5.74, 6) is -0.892. The maximum absolute atomic E-state index is 10.7. The Morgan fingerprint density at radius 2 is 2.12 bits per heavy atom. The lowest BCUT2D eigenvalue weighted by molar-refractivity contribution is -0.208. The minimum absolute atomic E-state index is 0.0869. The van der Waals surface area contributed by atoms with E-state index in [4.69, 9.17) is 18.9 Å². The van der Waals surface area contributed by atoms with Crippen molar-refractivity contribution in [2.45, 2.75) is 49.0 Å². The van der Waals surface area contributed by atoms with Gasteiger partial charge in [0.1, 0.15) is 18.8 Å². The van der Waals surface area contributed by atoms with Crippen LogP contribution in [0.3, 0.4) is 0 Å². The van der Waals surface area contributed by atoms with Crippen LogP contribution in [0.1, 0.15) is 20.8 Å². The second-order valence-electron chi connectivity index (χ2n) is 4.39. The van der Waals surface area contributed by atoms with Gasteiger partial charge in [-0.15, -0.1) is 0 Å². The standard InChI is InChI=1S/C10H15IO5/c1-5(12)13-4-6-7(11)8-9(14-6)16-10(2,3)15-8/h6-9H,4H2,1-3H3/t6?,7-,8+,9?/m0/s1. The number of hydrogen-bond acceptors (Lipinski definition) is 5. The summed E-state index contributed by atoms with van der Waals surface area (Å²) >= 11 is 2.25. The molecule has 2 rings (SSSR count). The zero-order valence-electron chi connectivity index (χ0n) is 9.44. The third kappa shape index (κ3) is 2.49. The first-order chi connectivity index (χ1) is 7.39. The van der Waals surface area contributed by atoms with Gasteiger partial charge in [0.25, 0.3) is 0 Å². The fraction of sp³-hybridized carbons (Fsp3) is 0.900. The number of hydrogen-bond donors (Lipinski definition) is 0. The smallest absolute Gasteiger partial charge is 0.302 e. The molecule has 2 fully saturated rings. The lowest BCUT2D eigenvalue weighted by Gasteiger charge is -2.22. The van der Waals surface area contributed by atoms with E-state index in [-0.39, 0.29) is 35.0 Å². The van der Waals surface area contributed by atoms with E-state index >= 15 is 0 Å². The van der Waals surface area contributed by atoms with Crippen LogP contribution in [0.25, 0.3) is 0 Å². The molecule has 0 aromatic heterocycles. The topological polar surface area (TPSA) is 54.0 Å². The maximum atomic E-state index is 10.7. The molecule has 0 aromatic carbocycles. The number of alkyl halides is 1. The van der Waals surface area contributed by atoms with Crippen molar-refractivity contribution in [2.24, 2.45) is 0 Å². The summed E-state index contributed by atoms with van der Waals surface area (Å²) in [6.45, 7) is 5.36. The van der Waals surface area contributed by atoms with E-state index < -0.39 is 5.79 Å². The largest absolute Gasteiger partial charge is 0.463 e. The van der Waals surface area contributed by atoms with E-state index in [0.29, 0.717) is 0 Å². The third-order valence-electron chi connectivity index (χ3n) is 2.52. The molecule has 0 saturated carbocycles. The van der Waals surface area contributed by atoms with Gasteiger partial charge in [-0.3, -0.25) is 4.79 Å². The minimum Gasteiger partial charge on any atom is -0.463 e. The highest BCUT2D eigenvalue weighted by Crippen LogP contribution is 2.40. The van der Waals surface area contributed by atoms with Crippen LogP contribution in [-0.2, 0) is 23.7 Å². The monoisotopic (exact) mass is 342 g/mol. The zero-order valence-corrected chi connectivity index (χ0v) is 11.6. The highest BCUT2D eigenvalue weighted by atomic mass is 127. The summed E-state index contributed by atoms with van der Waals surface area (Å²) in [5, 5.41) is 0. The van der Waals surface area contributed by atoms with Crippen molar-refractivity contribution in [3.05, 3.63) is 0 Å². The van der Waals surface area contributed by atoms with Gasteiger partial charge in [0.15, 0.2) is 12.1 Å². The number of fused-ring (bicyclic) bond motifs is 1. The molecular weight excluding hydrogens is 327 g/mol. The first-order valence-electron chi connectivity index (χ1n) is 5.17. The van der Waals surface area contributed by atoms with Crippen molar-refractivity contribution in [2.75, 3.05) is 6.61 Å². The number of halogens is 1. The lowest BCUT2D eigenvalue weighted by Crippen LogP contribution is -2.33. The second-order valence-corrected chi connectivity index (χ2v) is 5.83. The molecule has 2 unspecified atom stereocenters. The Hall–Kier alpha value is 0.0800. The van der Waals surface area contributed by atoms with Gasteiger partial charge in [-0.25, -0.2) is 0 Å². The van der Waals surface area contributed by atoms with E-state index in [1.807, 2.05) is 13.8 Å². The van der Waals surface area contributed by atoms with Gasteiger partial charge in [-0.2, -0.15) is 0 Å². The van der Waals surface area contributed by atoms with Gasteiger partial charge in [-0.1, -0.05) is 22.6 Å². The first-order valence-corrected chi connectivity index (χ1v) is 6.42. The van der Waals surface area contributed by atoms with Crippen molar-refractivity contribution in [1.82, 2.24) is 0 Å². The Bertz CT molecular complexity index is 293. The molecule has 0 radical (unpaired) electrons. The Labute approximate surface area is 108 Å². The average molecular weight is 342 g/mol. The Morgan fingerprint density at radius 1 is 1.44 bits per heavy atom. The zero-order chi connectivity index (χ0) is 11.9. The van der Waals surface area contributed by atoms with Crippen LogP contribution in [-0.4, -0.2) is 40.8 Å². The van der Waals surface area contributed by atoms with Crippen LogP contribution >= 0.6 is 22.6 Å². The van der Waals surface area contributed by atoms with Crippen molar-refractivity contribution in [3.63, 3.8) is 0 Å². The number of carbonyl (C=O) groups is 1. The van der Waals surface area contributed by atoms with Gasteiger partial charge >= 0.3 is 5.97 Å². The Morgan fingerprint density at radius 3 is 2.69 bits per heavy atom. The van der Waals surface area contributed by atoms with E-state index in [2.05, 4.69) is 22.6 Å². The van der Waals surface area contributed by atoms with Gasteiger partial charge in [-0.05, 0) is 13.8 Å². The van der Waals surface area contributed by atoms with Crippen LogP contribution in [0.15, 0.2) is 0 Å². The van der Waals surface area contributed by atoms with Crippen LogP contribution in [0.5, 0.6) is 0 Å². The molecule has 92 valence electrons. The maximum Gasteiger partial charge on any atom is 0.302 e. The molecule has 0 bridgehead atoms. The molecule has 6 heteroatoms. The average Bonchev–Trinajstić information content (AvgIpc) is 2.58. The molecule has 4 atom stereocenters. The van der Waals surface area contributed by atoms with Crippen molar-refractivity contribution in [1.29, 1.82) is 0 Å². The minimum atomic E-state index is -0.592. The van der Waals surface area contributed by atoms with E-state index in [1.54, 1.807) is 0 Å². The van der Waals surface area contributed by atoms with Crippen LogP contribution < -0.4 is 0 Å². The summed E-state index contributed by atoms with van der Waals surface area (Å²) in [7, 11) is 0. The fourth-order valence-electron chi connectivity index (χ4n) is 1.87. The SMILES string of the molecule is CC(=O)OCC1OC2OC(C)(C)O[C@@H]2[C@H]1I. The molecule has 16 heavy (non-hydrogen) atoms. The number of esters is 1. The van der Waals surface area contributed by atoms with Crippen LogP contribution in [0, 0.1) is 0 Å². The predicted molar refractivity (Wildman–Crippen MR) is 63.1 cm³/mol. The molecular formula is C10H15IO5. The molecule has 2 heterocycles. The Kier molecular flexibility index (Phi) is 3.44. The number of ether oxygens (including phenoxy) is 4. The summed E-state index contributed by atoms with van der Waals surface area (Å²) in [4.78, 5) is 10.7. The van der Waals surface area contributed by atoms with E-state index in [0.717, 1.165) is 0 Å². The van der Waals surface area contributed by atoms with Gasteiger partial charge in [0.05, 0.1) is 3.92 Å². The summed E-state index contributed by atoms with van der Waals surface area (Å²) in [6.07, 6.45) is -0.593. The molecule has 2 saturated heterocycles. The highest BCUT2D eigenvalue weighted by molar-refractivity contribution is 14.1. The fourth-order valence-corrected chi connectivity index (χ4v) is 2.73. The Balaban J connectivity index is 1.92. The van der Waals surface area contributed by atoms with Crippen molar-refractivity contribution < 1.29 is 23.7 Å². The summed E-state index contributed by atoms with van der Waals surface area (Å²) in [6, 6.07) is 0. The van der Waals surface area contributed by atoms with E-state index in [1.165, 1.54) is 6.92 Å². The number of carbonyl (C=O) groups excluding carboxylic acids is 1. The normalized spacial score (nSPS) is 40.8. The van der Waals surface area contributed by atoms with Crippen LogP contribution in [0.2, 0.25) is 0 Å². The molecule has 0 aromatic rings. The van der Waals surface area contributed by atoms with Crippen molar-refractivity contribution >= 4 is 28.6 Å². The van der Waals surface area contributed by atoms with Gasteiger partial charge in [0.2, 0.25) is 0 Å². The molecule has 0 amide bonds. The van der Waals surface area contributed by atoms with Crippen molar-refractivity contribution in [3.8, 4) is 0 Å². The molecule has 0 spiro atoms. The molecule has 0 aliphatic carbocycles. The van der Waals surface area contributed by atoms with Gasteiger partial charge < -0.3 is 18.9 Å². The molecule has 2 aliphatic heterocycles. The second kappa shape index (κ2) is 4.40. The molecule has 5 nitrogen and oxygen atoms in total. The highest BCUT2D eigenvalue weighted by Gasteiger charge is 2.53. The molecule has 2 aliphatic rings. The van der Waals surface area contributed by atoms with Crippen LogP contribution in [0.4, 0.5) is 0 Å².